The van der Waals surface area contributed by atoms with E-state index in [9.17, 15) is 0 Å². The summed E-state index contributed by atoms with van der Waals surface area (Å²) in [6.07, 6.45) is 6.40. The van der Waals surface area contributed by atoms with E-state index in [4.69, 9.17) is 0 Å². The maximum absolute atomic E-state index is 4.60. The van der Waals surface area contributed by atoms with Gasteiger partial charge in [-0.25, -0.2) is 9.50 Å². The fraction of sp³-hybridized carbons (Fsp3) is 0.625. The van der Waals surface area contributed by atoms with E-state index < -0.39 is 0 Å². The molecule has 1 aliphatic rings. The van der Waals surface area contributed by atoms with Crippen LogP contribution in [0.5, 0.6) is 0 Å². The highest BCUT2D eigenvalue weighted by Gasteiger charge is 2.29. The number of hydrogen-bond acceptors (Lipinski definition) is 4. The van der Waals surface area contributed by atoms with Crippen LogP contribution in [0.2, 0.25) is 0 Å². The van der Waals surface area contributed by atoms with E-state index in [1.165, 1.54) is 12.8 Å². The molecule has 0 radical (unpaired) electrons. The van der Waals surface area contributed by atoms with Gasteiger partial charge >= 0.3 is 0 Å². The number of rotatable bonds is 6. The summed E-state index contributed by atoms with van der Waals surface area (Å²) in [5, 5.41) is 8.09. The molecule has 114 valence electrons. The number of aromatic nitrogens is 3. The highest BCUT2D eigenvalue weighted by atomic mass is 15.2. The summed E-state index contributed by atoms with van der Waals surface area (Å²) < 4.78 is 1.92. The fourth-order valence-corrected chi connectivity index (χ4v) is 2.59. The Hall–Kier alpha value is -1.62. The molecule has 5 heteroatoms. The first-order valence-corrected chi connectivity index (χ1v) is 7.86. The lowest BCUT2D eigenvalue weighted by Gasteiger charge is -2.24. The second kappa shape index (κ2) is 5.64. The Bertz CT molecular complexity index is 614. The molecule has 0 saturated heterocycles. The van der Waals surface area contributed by atoms with Crippen molar-refractivity contribution in [3.63, 3.8) is 0 Å². The van der Waals surface area contributed by atoms with Crippen LogP contribution in [0.1, 0.15) is 45.2 Å². The zero-order valence-electron chi connectivity index (χ0n) is 13.4. The zero-order valence-corrected chi connectivity index (χ0v) is 13.4. The van der Waals surface area contributed by atoms with Crippen LogP contribution < -0.4 is 5.32 Å². The molecule has 0 amide bonds. The van der Waals surface area contributed by atoms with Crippen molar-refractivity contribution in [1.29, 1.82) is 0 Å². The average Bonchev–Trinajstić information content (AvgIpc) is 3.21. The molecule has 0 spiro atoms. The molecule has 1 aliphatic carbocycles. The first kappa shape index (κ1) is 14.3. The highest BCUT2D eigenvalue weighted by Crippen LogP contribution is 2.27. The summed E-state index contributed by atoms with van der Waals surface area (Å²) in [6.45, 7) is 7.49. The number of likely N-dealkylation sites (N-methyl/N-ethyl adjacent to an activating group) is 1. The molecule has 5 nitrogen and oxygen atoms in total. The SMILES string of the molecule is CC(C)c1cc2c(NCC(C)N(C)C3CC3)nccn2n1. The van der Waals surface area contributed by atoms with E-state index in [-0.39, 0.29) is 0 Å². The molecule has 0 aromatic carbocycles. The standard InChI is InChI=1S/C16H25N5/c1-11(2)14-9-15-16(17-7-8-21(15)19-14)18-10-12(3)20(4)13-5-6-13/h7-9,11-13H,5-6,10H2,1-4H3,(H,17,18). The van der Waals surface area contributed by atoms with Crippen LogP contribution in [-0.2, 0) is 0 Å². The van der Waals surface area contributed by atoms with E-state index in [2.05, 4.69) is 54.2 Å². The Labute approximate surface area is 126 Å². The Morgan fingerprint density at radius 2 is 2.14 bits per heavy atom. The van der Waals surface area contributed by atoms with Gasteiger partial charge in [-0.2, -0.15) is 5.10 Å². The van der Waals surface area contributed by atoms with E-state index >= 15 is 0 Å². The lowest BCUT2D eigenvalue weighted by atomic mass is 10.1. The van der Waals surface area contributed by atoms with Gasteiger partial charge in [0.05, 0.1) is 5.69 Å². The van der Waals surface area contributed by atoms with Gasteiger partial charge in [0.1, 0.15) is 5.52 Å². The van der Waals surface area contributed by atoms with Crippen molar-refractivity contribution in [2.75, 3.05) is 18.9 Å². The molecule has 1 unspecified atom stereocenters. The van der Waals surface area contributed by atoms with Gasteiger partial charge in [0.15, 0.2) is 5.82 Å². The first-order valence-electron chi connectivity index (χ1n) is 7.86. The molecular weight excluding hydrogens is 262 g/mol. The van der Waals surface area contributed by atoms with Crippen LogP contribution in [0.4, 0.5) is 5.82 Å². The molecule has 2 aromatic rings. The van der Waals surface area contributed by atoms with Gasteiger partial charge in [0.25, 0.3) is 0 Å². The predicted molar refractivity (Wildman–Crippen MR) is 85.8 cm³/mol. The topological polar surface area (TPSA) is 45.5 Å². The number of fused-ring (bicyclic) bond motifs is 1. The van der Waals surface area contributed by atoms with Crippen molar-refractivity contribution in [3.05, 3.63) is 24.2 Å². The van der Waals surface area contributed by atoms with Gasteiger partial charge in [0, 0.05) is 31.0 Å². The molecule has 1 saturated carbocycles. The first-order chi connectivity index (χ1) is 10.1. The van der Waals surface area contributed by atoms with Gasteiger partial charge in [-0.15, -0.1) is 0 Å². The monoisotopic (exact) mass is 287 g/mol. The van der Waals surface area contributed by atoms with Crippen LogP contribution in [0, 0.1) is 0 Å². The van der Waals surface area contributed by atoms with Gasteiger partial charge in [-0.3, -0.25) is 4.90 Å². The minimum Gasteiger partial charge on any atom is -0.367 e. The normalized spacial score (nSPS) is 16.9. The second-order valence-corrected chi connectivity index (χ2v) is 6.46. The summed E-state index contributed by atoms with van der Waals surface area (Å²) in [4.78, 5) is 6.94. The van der Waals surface area contributed by atoms with Crippen molar-refractivity contribution in [1.82, 2.24) is 19.5 Å². The number of anilines is 1. The van der Waals surface area contributed by atoms with E-state index in [1.807, 2.05) is 16.9 Å². The molecule has 0 bridgehead atoms. The second-order valence-electron chi connectivity index (χ2n) is 6.46. The molecule has 2 heterocycles. The summed E-state index contributed by atoms with van der Waals surface area (Å²) in [5.74, 6) is 1.35. The maximum atomic E-state index is 4.60. The van der Waals surface area contributed by atoms with E-state index in [1.54, 1.807) is 0 Å². The molecule has 21 heavy (non-hydrogen) atoms. The third-order valence-electron chi connectivity index (χ3n) is 4.38. The van der Waals surface area contributed by atoms with Crippen LogP contribution >= 0.6 is 0 Å². The Balaban J connectivity index is 1.73. The van der Waals surface area contributed by atoms with Gasteiger partial charge in [-0.05, 0) is 38.8 Å². The van der Waals surface area contributed by atoms with Crippen molar-refractivity contribution in [2.24, 2.45) is 0 Å². The number of nitrogens with zero attached hydrogens (tertiary/aromatic N) is 4. The van der Waals surface area contributed by atoms with Crippen LogP contribution in [0.15, 0.2) is 18.5 Å². The zero-order chi connectivity index (χ0) is 15.0. The number of hydrogen-bond donors (Lipinski definition) is 1. The Morgan fingerprint density at radius 3 is 2.81 bits per heavy atom. The average molecular weight is 287 g/mol. The fourth-order valence-electron chi connectivity index (χ4n) is 2.59. The van der Waals surface area contributed by atoms with Gasteiger partial charge in [0.2, 0.25) is 0 Å². The minimum absolute atomic E-state index is 0.428. The van der Waals surface area contributed by atoms with Crippen LogP contribution in [0.3, 0.4) is 0 Å². The van der Waals surface area contributed by atoms with Crippen molar-refractivity contribution in [2.45, 2.75) is 51.6 Å². The molecular formula is C16H25N5. The summed E-state index contributed by atoms with van der Waals surface area (Å²) in [5.41, 5.74) is 2.16. The quantitative estimate of drug-likeness (QED) is 0.887. The summed E-state index contributed by atoms with van der Waals surface area (Å²) in [7, 11) is 2.22. The predicted octanol–water partition coefficient (Wildman–Crippen LogP) is 2.75. The third-order valence-corrected chi connectivity index (χ3v) is 4.38. The van der Waals surface area contributed by atoms with Gasteiger partial charge < -0.3 is 5.32 Å². The smallest absolute Gasteiger partial charge is 0.152 e. The third kappa shape index (κ3) is 3.02. The van der Waals surface area contributed by atoms with Crippen LogP contribution in [-0.4, -0.2) is 45.2 Å². The lowest BCUT2D eigenvalue weighted by molar-refractivity contribution is 0.257. The molecule has 0 aliphatic heterocycles. The van der Waals surface area contributed by atoms with E-state index in [0.29, 0.717) is 12.0 Å². The minimum atomic E-state index is 0.428. The van der Waals surface area contributed by atoms with Crippen molar-refractivity contribution < 1.29 is 0 Å². The van der Waals surface area contributed by atoms with Crippen LogP contribution in [0.25, 0.3) is 5.52 Å². The Kier molecular flexibility index (Phi) is 3.85. The van der Waals surface area contributed by atoms with Crippen molar-refractivity contribution in [3.8, 4) is 0 Å². The molecule has 1 N–H and O–H groups in total. The highest BCUT2D eigenvalue weighted by molar-refractivity contribution is 5.67. The molecule has 2 aromatic heterocycles. The molecule has 3 rings (SSSR count). The maximum Gasteiger partial charge on any atom is 0.152 e. The van der Waals surface area contributed by atoms with Crippen molar-refractivity contribution >= 4 is 11.3 Å². The number of nitrogens with one attached hydrogen (secondary N) is 1. The summed E-state index contributed by atoms with van der Waals surface area (Å²) >= 11 is 0. The van der Waals surface area contributed by atoms with Gasteiger partial charge in [-0.1, -0.05) is 13.8 Å². The molecule has 1 atom stereocenters. The lowest BCUT2D eigenvalue weighted by Crippen LogP contribution is -2.36. The van der Waals surface area contributed by atoms with E-state index in [0.717, 1.165) is 29.6 Å². The Morgan fingerprint density at radius 1 is 1.38 bits per heavy atom. The summed E-state index contributed by atoms with van der Waals surface area (Å²) in [6, 6.07) is 3.43. The largest absolute Gasteiger partial charge is 0.367 e. The molecule has 1 fully saturated rings.